The number of oxazole rings is 1. The summed E-state index contributed by atoms with van der Waals surface area (Å²) < 4.78 is 19.1. The minimum absolute atomic E-state index is 0.192. The third-order valence-electron chi connectivity index (χ3n) is 4.69. The highest BCUT2D eigenvalue weighted by molar-refractivity contribution is 5.97. The number of aromatic nitrogens is 3. The van der Waals surface area contributed by atoms with Crippen molar-refractivity contribution in [2.24, 2.45) is 0 Å². The first-order chi connectivity index (χ1) is 13.4. The van der Waals surface area contributed by atoms with E-state index in [1.807, 2.05) is 20.8 Å². The molecule has 0 radical (unpaired) electrons. The molecule has 0 fully saturated rings. The molecule has 142 valence electrons. The topological polar surface area (TPSA) is 83.8 Å². The van der Waals surface area contributed by atoms with Crippen LogP contribution in [0, 0.1) is 19.7 Å². The van der Waals surface area contributed by atoms with E-state index in [9.17, 15) is 9.18 Å². The fourth-order valence-corrected chi connectivity index (χ4v) is 3.36. The quantitative estimate of drug-likeness (QED) is 0.549. The van der Waals surface area contributed by atoms with Crippen molar-refractivity contribution >= 4 is 17.0 Å². The molecule has 2 N–H and O–H groups in total. The lowest BCUT2D eigenvalue weighted by Gasteiger charge is -2.14. The number of benzene rings is 2. The fraction of sp³-hybridized carbons (Fsp3) is 0.190. The smallest absolute Gasteiger partial charge is 0.251 e. The number of halogens is 1. The van der Waals surface area contributed by atoms with Crippen LogP contribution >= 0.6 is 0 Å². The van der Waals surface area contributed by atoms with E-state index < -0.39 is 0 Å². The first-order valence-corrected chi connectivity index (χ1v) is 8.91. The molecule has 0 aliphatic carbocycles. The van der Waals surface area contributed by atoms with Crippen LogP contribution in [-0.4, -0.2) is 21.1 Å². The van der Waals surface area contributed by atoms with Crippen LogP contribution in [0.2, 0.25) is 0 Å². The number of carbonyl (C=O) groups excluding carboxylic acids is 1. The molecule has 7 heteroatoms. The number of hydrogen-bond acceptors (Lipinski definition) is 4. The number of aromatic amines is 1. The van der Waals surface area contributed by atoms with Crippen LogP contribution in [0.25, 0.3) is 22.6 Å². The Balaban J connectivity index is 1.60. The maximum absolute atomic E-state index is 13.4. The number of aryl methyl sites for hydroxylation is 2. The number of H-pyrrole nitrogens is 1. The average Bonchev–Trinajstić information content (AvgIpc) is 3.24. The normalized spacial score (nSPS) is 12.3. The minimum Gasteiger partial charge on any atom is -0.436 e. The lowest BCUT2D eigenvalue weighted by molar-refractivity contribution is 0.0940. The van der Waals surface area contributed by atoms with Gasteiger partial charge in [0.15, 0.2) is 5.58 Å². The Morgan fingerprint density at radius 3 is 2.75 bits per heavy atom. The molecule has 2 aromatic heterocycles. The molecule has 4 rings (SSSR count). The van der Waals surface area contributed by atoms with Crippen molar-refractivity contribution in [1.82, 2.24) is 20.5 Å². The van der Waals surface area contributed by atoms with Gasteiger partial charge in [0, 0.05) is 22.4 Å². The van der Waals surface area contributed by atoms with E-state index in [2.05, 4.69) is 20.5 Å². The highest BCUT2D eigenvalue weighted by Crippen LogP contribution is 2.26. The van der Waals surface area contributed by atoms with Gasteiger partial charge in [-0.2, -0.15) is 5.10 Å². The molecule has 0 saturated heterocycles. The van der Waals surface area contributed by atoms with Gasteiger partial charge in [0.25, 0.3) is 5.91 Å². The molecule has 2 aromatic carbocycles. The monoisotopic (exact) mass is 378 g/mol. The number of nitrogens with zero attached hydrogens (tertiary/aromatic N) is 2. The molecule has 1 amide bonds. The van der Waals surface area contributed by atoms with Crippen molar-refractivity contribution in [2.75, 3.05) is 0 Å². The van der Waals surface area contributed by atoms with E-state index in [0.29, 0.717) is 28.1 Å². The zero-order chi connectivity index (χ0) is 19.8. The van der Waals surface area contributed by atoms with Gasteiger partial charge in [-0.15, -0.1) is 0 Å². The van der Waals surface area contributed by atoms with E-state index in [-0.39, 0.29) is 17.8 Å². The van der Waals surface area contributed by atoms with Crippen LogP contribution in [-0.2, 0) is 0 Å². The van der Waals surface area contributed by atoms with Gasteiger partial charge in [0.2, 0.25) is 5.89 Å². The van der Waals surface area contributed by atoms with Crippen molar-refractivity contribution in [3.8, 4) is 11.5 Å². The zero-order valence-corrected chi connectivity index (χ0v) is 15.7. The summed E-state index contributed by atoms with van der Waals surface area (Å²) >= 11 is 0. The van der Waals surface area contributed by atoms with Crippen LogP contribution in [0.3, 0.4) is 0 Å². The molecule has 0 aliphatic rings. The predicted octanol–water partition coefficient (Wildman–Crippen LogP) is 4.46. The molecule has 1 atom stereocenters. The standard InChI is InChI=1S/C21H19FN4O2/c1-11(19-12(2)25-26-13(19)3)23-20(27)14-7-8-18-17(10-14)24-21(28-18)15-5-4-6-16(22)9-15/h4-11H,1-3H3,(H,23,27)(H,25,26). The number of amides is 1. The zero-order valence-electron chi connectivity index (χ0n) is 15.7. The fourth-order valence-electron chi connectivity index (χ4n) is 3.36. The highest BCUT2D eigenvalue weighted by Gasteiger charge is 2.18. The van der Waals surface area contributed by atoms with E-state index in [0.717, 1.165) is 17.0 Å². The molecule has 28 heavy (non-hydrogen) atoms. The van der Waals surface area contributed by atoms with E-state index in [1.54, 1.807) is 30.3 Å². The van der Waals surface area contributed by atoms with Crippen molar-refractivity contribution in [3.05, 3.63) is 70.8 Å². The van der Waals surface area contributed by atoms with Crippen molar-refractivity contribution in [3.63, 3.8) is 0 Å². The Kier molecular flexibility index (Phi) is 4.43. The lowest BCUT2D eigenvalue weighted by atomic mass is 10.1. The Bertz CT molecular complexity index is 1160. The molecule has 1 unspecified atom stereocenters. The summed E-state index contributed by atoms with van der Waals surface area (Å²) in [4.78, 5) is 17.1. The number of rotatable bonds is 4. The van der Waals surface area contributed by atoms with Crippen LogP contribution < -0.4 is 5.32 Å². The summed E-state index contributed by atoms with van der Waals surface area (Å²) in [6, 6.07) is 10.9. The van der Waals surface area contributed by atoms with Gasteiger partial charge in [-0.25, -0.2) is 9.37 Å². The summed E-state index contributed by atoms with van der Waals surface area (Å²) in [5.41, 5.74) is 4.85. The molecule has 6 nitrogen and oxygen atoms in total. The molecule has 2 heterocycles. The Labute approximate surface area is 160 Å². The SMILES string of the molecule is Cc1n[nH]c(C)c1C(C)NC(=O)c1ccc2oc(-c3cccc(F)c3)nc2c1. The molecule has 0 aliphatic heterocycles. The van der Waals surface area contributed by atoms with E-state index in [4.69, 9.17) is 4.42 Å². The Morgan fingerprint density at radius 1 is 1.21 bits per heavy atom. The second-order valence-corrected chi connectivity index (χ2v) is 6.75. The molecule has 0 saturated carbocycles. The highest BCUT2D eigenvalue weighted by atomic mass is 19.1. The summed E-state index contributed by atoms with van der Waals surface area (Å²) in [6.07, 6.45) is 0. The summed E-state index contributed by atoms with van der Waals surface area (Å²) in [5.74, 6) is -0.270. The van der Waals surface area contributed by atoms with Crippen molar-refractivity contribution < 1.29 is 13.6 Å². The minimum atomic E-state index is -0.362. The van der Waals surface area contributed by atoms with Gasteiger partial charge in [0.1, 0.15) is 11.3 Å². The van der Waals surface area contributed by atoms with Crippen LogP contribution in [0.1, 0.15) is 40.3 Å². The van der Waals surface area contributed by atoms with Gasteiger partial charge in [-0.05, 0) is 57.2 Å². The van der Waals surface area contributed by atoms with Gasteiger partial charge in [0.05, 0.1) is 11.7 Å². The number of nitrogens with one attached hydrogen (secondary N) is 2. The maximum Gasteiger partial charge on any atom is 0.251 e. The van der Waals surface area contributed by atoms with Crippen LogP contribution in [0.5, 0.6) is 0 Å². The summed E-state index contributed by atoms with van der Waals surface area (Å²) in [5, 5.41) is 10.1. The van der Waals surface area contributed by atoms with Gasteiger partial charge in [-0.3, -0.25) is 9.89 Å². The largest absolute Gasteiger partial charge is 0.436 e. The Hall–Kier alpha value is -3.48. The second-order valence-electron chi connectivity index (χ2n) is 6.75. The molecule has 4 aromatic rings. The third kappa shape index (κ3) is 3.26. The molecular weight excluding hydrogens is 359 g/mol. The first kappa shape index (κ1) is 17.9. The molecule has 0 spiro atoms. The lowest BCUT2D eigenvalue weighted by Crippen LogP contribution is -2.27. The van der Waals surface area contributed by atoms with Crippen molar-refractivity contribution in [1.29, 1.82) is 0 Å². The number of carbonyl (C=O) groups is 1. The van der Waals surface area contributed by atoms with Crippen LogP contribution in [0.4, 0.5) is 4.39 Å². The van der Waals surface area contributed by atoms with E-state index in [1.165, 1.54) is 12.1 Å². The number of fused-ring (bicyclic) bond motifs is 1. The average molecular weight is 378 g/mol. The van der Waals surface area contributed by atoms with E-state index >= 15 is 0 Å². The first-order valence-electron chi connectivity index (χ1n) is 8.91. The van der Waals surface area contributed by atoms with Crippen molar-refractivity contribution in [2.45, 2.75) is 26.8 Å². The summed E-state index contributed by atoms with van der Waals surface area (Å²) in [7, 11) is 0. The van der Waals surface area contributed by atoms with Gasteiger partial charge in [-0.1, -0.05) is 6.07 Å². The third-order valence-corrected chi connectivity index (χ3v) is 4.69. The second kappa shape index (κ2) is 6.92. The predicted molar refractivity (Wildman–Crippen MR) is 103 cm³/mol. The molecule has 0 bridgehead atoms. The molecular formula is C21H19FN4O2. The number of hydrogen-bond donors (Lipinski definition) is 2. The summed E-state index contributed by atoms with van der Waals surface area (Å²) in [6.45, 7) is 5.74. The Morgan fingerprint density at radius 2 is 2.04 bits per heavy atom. The van der Waals surface area contributed by atoms with Crippen LogP contribution in [0.15, 0.2) is 46.9 Å². The van der Waals surface area contributed by atoms with Gasteiger partial charge >= 0.3 is 0 Å². The maximum atomic E-state index is 13.4. The van der Waals surface area contributed by atoms with Gasteiger partial charge < -0.3 is 9.73 Å².